The zero-order chi connectivity index (χ0) is 26.9. The molecule has 37 heavy (non-hydrogen) atoms. The van der Waals surface area contributed by atoms with Gasteiger partial charge in [0.25, 0.3) is 11.8 Å². The summed E-state index contributed by atoms with van der Waals surface area (Å²) in [6.45, 7) is 2.16. The zero-order valence-corrected chi connectivity index (χ0v) is 23.6. The molecule has 3 aromatic rings. The highest BCUT2D eigenvalue weighted by Gasteiger charge is 2.16. The number of carbonyl (C=O) groups excluding carboxylic acids is 2. The first-order valence-corrected chi connectivity index (χ1v) is 12.8. The Morgan fingerprint density at radius 1 is 1.05 bits per heavy atom. The molecule has 0 saturated heterocycles. The van der Waals surface area contributed by atoms with Gasteiger partial charge in [0, 0.05) is 35.4 Å². The quantitative estimate of drug-likeness (QED) is 0.169. The summed E-state index contributed by atoms with van der Waals surface area (Å²) in [6, 6.07) is 17.7. The maximum absolute atomic E-state index is 13.1. The summed E-state index contributed by atoms with van der Waals surface area (Å²) >= 11 is 6.70. The van der Waals surface area contributed by atoms with Gasteiger partial charge in [0.05, 0.1) is 17.3 Å². The molecule has 0 aromatic heterocycles. The summed E-state index contributed by atoms with van der Waals surface area (Å²) in [7, 11) is 3.87. The highest BCUT2D eigenvalue weighted by atomic mass is 79.9. The Hall–Kier alpha value is -3.63. The van der Waals surface area contributed by atoms with E-state index in [1.165, 1.54) is 6.21 Å². The maximum Gasteiger partial charge on any atom is 0.287 e. The van der Waals surface area contributed by atoms with Crippen LogP contribution in [0.1, 0.15) is 28.4 Å². The van der Waals surface area contributed by atoms with Crippen LogP contribution in [0.25, 0.3) is 6.08 Å². The molecule has 0 bridgehead atoms. The van der Waals surface area contributed by atoms with Gasteiger partial charge in [0.1, 0.15) is 5.70 Å². The number of hydrogen-bond acceptors (Lipinski definition) is 6. The van der Waals surface area contributed by atoms with E-state index in [9.17, 15) is 14.7 Å². The number of ether oxygens (including phenoxy) is 1. The number of hydrazone groups is 1. The molecular formula is C27H26Br2N4O4. The standard InChI is InChI=1S/C27H26Br2N4O4/c1-4-37-22-15-19(23(28)24(29)25(22)34)16-30-32-27(36)21(31-26(35)18-8-6-5-7-9-18)14-17-10-12-20(13-11-17)33(2)3/h5-16,34H,4H2,1-3H3,(H,31,35)(H,32,36). The van der Waals surface area contributed by atoms with Gasteiger partial charge in [-0.15, -0.1) is 0 Å². The fourth-order valence-electron chi connectivity index (χ4n) is 3.17. The van der Waals surface area contributed by atoms with Crippen LogP contribution in [-0.2, 0) is 4.79 Å². The number of phenols is 1. The third-order valence-electron chi connectivity index (χ3n) is 5.09. The van der Waals surface area contributed by atoms with Gasteiger partial charge in [-0.1, -0.05) is 30.3 Å². The van der Waals surface area contributed by atoms with Crippen LogP contribution in [-0.4, -0.2) is 43.8 Å². The third kappa shape index (κ3) is 7.43. The topological polar surface area (TPSA) is 103 Å². The number of nitrogens with zero attached hydrogens (tertiary/aromatic N) is 2. The molecule has 3 aromatic carbocycles. The van der Waals surface area contributed by atoms with Crippen molar-refractivity contribution < 1.29 is 19.4 Å². The lowest BCUT2D eigenvalue weighted by atomic mass is 10.1. The Bertz CT molecular complexity index is 1320. The Morgan fingerprint density at radius 3 is 2.35 bits per heavy atom. The van der Waals surface area contributed by atoms with Crippen molar-refractivity contribution in [1.29, 1.82) is 0 Å². The van der Waals surface area contributed by atoms with Gasteiger partial charge < -0.3 is 20.1 Å². The van der Waals surface area contributed by atoms with Crippen LogP contribution >= 0.6 is 31.9 Å². The van der Waals surface area contributed by atoms with Gasteiger partial charge in [-0.25, -0.2) is 5.43 Å². The molecule has 0 atom stereocenters. The van der Waals surface area contributed by atoms with E-state index in [4.69, 9.17) is 4.74 Å². The van der Waals surface area contributed by atoms with E-state index < -0.39 is 11.8 Å². The van der Waals surface area contributed by atoms with Crippen LogP contribution < -0.4 is 20.4 Å². The lowest BCUT2D eigenvalue weighted by Gasteiger charge is -2.13. The molecule has 0 saturated carbocycles. The molecule has 0 aliphatic rings. The average molecular weight is 630 g/mol. The molecule has 8 nitrogen and oxygen atoms in total. The maximum atomic E-state index is 13.1. The third-order valence-corrected chi connectivity index (χ3v) is 7.25. The molecule has 0 unspecified atom stereocenters. The van der Waals surface area contributed by atoms with Crippen molar-refractivity contribution in [1.82, 2.24) is 10.7 Å². The molecular weight excluding hydrogens is 604 g/mol. The average Bonchev–Trinajstić information content (AvgIpc) is 2.90. The van der Waals surface area contributed by atoms with Crippen molar-refractivity contribution in [2.24, 2.45) is 5.10 Å². The molecule has 0 aliphatic carbocycles. The number of halogens is 2. The normalized spacial score (nSPS) is 11.3. The fraction of sp³-hybridized carbons (Fsp3) is 0.148. The zero-order valence-electron chi connectivity index (χ0n) is 20.5. The Morgan fingerprint density at radius 2 is 1.73 bits per heavy atom. The van der Waals surface area contributed by atoms with Crippen molar-refractivity contribution in [2.45, 2.75) is 6.92 Å². The van der Waals surface area contributed by atoms with E-state index in [2.05, 4.69) is 47.7 Å². The highest BCUT2D eigenvalue weighted by molar-refractivity contribution is 9.13. The predicted molar refractivity (Wildman–Crippen MR) is 153 cm³/mol. The smallest absolute Gasteiger partial charge is 0.287 e. The predicted octanol–water partition coefficient (Wildman–Crippen LogP) is 5.30. The van der Waals surface area contributed by atoms with E-state index in [0.717, 1.165) is 11.3 Å². The number of benzene rings is 3. The minimum Gasteiger partial charge on any atom is -0.503 e. The summed E-state index contributed by atoms with van der Waals surface area (Å²) in [5, 5.41) is 16.9. The van der Waals surface area contributed by atoms with Crippen molar-refractivity contribution in [3.8, 4) is 11.5 Å². The molecule has 0 spiro atoms. The summed E-state index contributed by atoms with van der Waals surface area (Å²) in [6.07, 6.45) is 2.97. The summed E-state index contributed by atoms with van der Waals surface area (Å²) < 4.78 is 6.36. The number of phenolic OH excluding ortho intramolecular Hbond substituents is 1. The lowest BCUT2D eigenvalue weighted by molar-refractivity contribution is -0.117. The van der Waals surface area contributed by atoms with Gasteiger partial charge in [-0.05, 0) is 80.8 Å². The van der Waals surface area contributed by atoms with E-state index >= 15 is 0 Å². The van der Waals surface area contributed by atoms with Crippen LogP contribution in [0.5, 0.6) is 11.5 Å². The SMILES string of the molecule is CCOc1cc(C=NNC(=O)C(=Cc2ccc(N(C)C)cc2)NC(=O)c2ccccc2)c(Br)c(Br)c1O. The fourth-order valence-corrected chi connectivity index (χ4v) is 4.00. The summed E-state index contributed by atoms with van der Waals surface area (Å²) in [5.74, 6) is -0.829. The highest BCUT2D eigenvalue weighted by Crippen LogP contribution is 2.41. The number of carbonyl (C=O) groups is 2. The number of rotatable bonds is 9. The summed E-state index contributed by atoms with van der Waals surface area (Å²) in [4.78, 5) is 27.8. The summed E-state index contributed by atoms with van der Waals surface area (Å²) in [5.41, 5.74) is 5.15. The monoisotopic (exact) mass is 628 g/mol. The van der Waals surface area contributed by atoms with Gasteiger partial charge in [0.2, 0.25) is 0 Å². The second-order valence-corrected chi connectivity index (χ2v) is 9.52. The van der Waals surface area contributed by atoms with Crippen LogP contribution in [0.2, 0.25) is 0 Å². The Labute approximate surface area is 232 Å². The molecule has 3 N–H and O–H groups in total. The molecule has 0 fully saturated rings. The van der Waals surface area contributed by atoms with Crippen molar-refractivity contribution in [3.63, 3.8) is 0 Å². The van der Waals surface area contributed by atoms with Gasteiger partial charge in [-0.2, -0.15) is 5.10 Å². The van der Waals surface area contributed by atoms with E-state index in [0.29, 0.717) is 26.7 Å². The Kier molecular flexibility index (Phi) is 9.87. The molecule has 10 heteroatoms. The van der Waals surface area contributed by atoms with Crippen LogP contribution in [0.15, 0.2) is 80.4 Å². The van der Waals surface area contributed by atoms with E-state index in [1.54, 1.807) is 49.4 Å². The van der Waals surface area contributed by atoms with Crippen molar-refractivity contribution in [3.05, 3.63) is 92.0 Å². The second-order valence-electron chi connectivity index (χ2n) is 7.94. The Balaban J connectivity index is 1.86. The van der Waals surface area contributed by atoms with E-state index in [1.807, 2.05) is 43.3 Å². The van der Waals surface area contributed by atoms with Gasteiger partial charge >= 0.3 is 0 Å². The molecule has 0 aliphatic heterocycles. The van der Waals surface area contributed by atoms with E-state index in [-0.39, 0.29) is 17.2 Å². The largest absolute Gasteiger partial charge is 0.503 e. The minimum absolute atomic E-state index is 0.0181. The van der Waals surface area contributed by atoms with Crippen LogP contribution in [0.3, 0.4) is 0 Å². The first-order valence-electron chi connectivity index (χ1n) is 11.2. The first-order chi connectivity index (χ1) is 17.7. The second kappa shape index (κ2) is 13.1. The number of hydrogen-bond donors (Lipinski definition) is 3. The molecule has 192 valence electrons. The number of nitrogens with one attached hydrogen (secondary N) is 2. The molecule has 2 amide bonds. The lowest BCUT2D eigenvalue weighted by Crippen LogP contribution is -2.32. The van der Waals surface area contributed by atoms with Crippen LogP contribution in [0.4, 0.5) is 5.69 Å². The molecule has 3 rings (SSSR count). The van der Waals surface area contributed by atoms with Crippen molar-refractivity contribution in [2.75, 3.05) is 25.6 Å². The number of anilines is 1. The minimum atomic E-state index is -0.615. The molecule has 0 heterocycles. The van der Waals surface area contributed by atoms with Crippen molar-refractivity contribution >= 4 is 61.7 Å². The molecule has 0 radical (unpaired) electrons. The number of aromatic hydroxyl groups is 1. The van der Waals surface area contributed by atoms with Crippen LogP contribution in [0, 0.1) is 0 Å². The van der Waals surface area contributed by atoms with Gasteiger partial charge in [0.15, 0.2) is 11.5 Å². The first kappa shape index (κ1) is 27.9. The van der Waals surface area contributed by atoms with Gasteiger partial charge in [-0.3, -0.25) is 9.59 Å². The number of amides is 2.